The second-order valence-electron chi connectivity index (χ2n) is 3.01. The van der Waals surface area contributed by atoms with Gasteiger partial charge in [-0.2, -0.15) is 13.2 Å². The highest BCUT2D eigenvalue weighted by atomic mass is 19.4. The van der Waals surface area contributed by atoms with Crippen molar-refractivity contribution in [3.05, 3.63) is 12.7 Å². The zero-order valence-corrected chi connectivity index (χ0v) is 7.68. The Hall–Kier alpha value is -1.00. The number of carboxylic acids is 1. The molecule has 0 aliphatic heterocycles. The molecule has 0 rings (SSSR count). The molecule has 82 valence electrons. The van der Waals surface area contributed by atoms with Crippen molar-refractivity contribution in [1.29, 1.82) is 0 Å². The number of unbranched alkanes of at least 4 members (excludes halogenated alkanes) is 2. The smallest absolute Gasteiger partial charge is 0.402 e. The summed E-state index contributed by atoms with van der Waals surface area (Å²) in [7, 11) is 0. The molecule has 0 bridgehead atoms. The van der Waals surface area contributed by atoms with Gasteiger partial charge in [-0.05, 0) is 19.3 Å². The van der Waals surface area contributed by atoms with E-state index in [-0.39, 0.29) is 12.8 Å². The lowest BCUT2D eigenvalue weighted by Gasteiger charge is -2.15. The first-order valence-corrected chi connectivity index (χ1v) is 4.30. The third-order valence-electron chi connectivity index (χ3n) is 1.84. The molecule has 0 aliphatic carbocycles. The van der Waals surface area contributed by atoms with Gasteiger partial charge in [-0.1, -0.05) is 12.5 Å². The zero-order valence-electron chi connectivity index (χ0n) is 7.68. The summed E-state index contributed by atoms with van der Waals surface area (Å²) >= 11 is 0. The van der Waals surface area contributed by atoms with E-state index < -0.39 is 18.1 Å². The third kappa shape index (κ3) is 4.89. The van der Waals surface area contributed by atoms with Gasteiger partial charge in [-0.15, -0.1) is 6.58 Å². The van der Waals surface area contributed by atoms with Crippen molar-refractivity contribution >= 4 is 5.97 Å². The van der Waals surface area contributed by atoms with Crippen LogP contribution in [0.25, 0.3) is 0 Å². The number of hydrogen-bond acceptors (Lipinski definition) is 1. The zero-order chi connectivity index (χ0) is 11.2. The maximum atomic E-state index is 12.1. The molecule has 1 N–H and O–H groups in total. The van der Waals surface area contributed by atoms with Crippen LogP contribution in [0.1, 0.15) is 25.7 Å². The Morgan fingerprint density at radius 1 is 1.43 bits per heavy atom. The van der Waals surface area contributed by atoms with Gasteiger partial charge in [0.1, 0.15) is 0 Å². The van der Waals surface area contributed by atoms with Crippen LogP contribution in [-0.4, -0.2) is 17.3 Å². The minimum Gasteiger partial charge on any atom is -0.481 e. The normalized spacial score (nSPS) is 13.6. The fraction of sp³-hybridized carbons (Fsp3) is 0.667. The van der Waals surface area contributed by atoms with Crippen LogP contribution < -0.4 is 0 Å². The fourth-order valence-electron chi connectivity index (χ4n) is 1.06. The molecule has 0 aromatic rings. The van der Waals surface area contributed by atoms with Crippen molar-refractivity contribution in [2.75, 3.05) is 0 Å². The van der Waals surface area contributed by atoms with Gasteiger partial charge in [0.05, 0.1) is 0 Å². The van der Waals surface area contributed by atoms with Gasteiger partial charge in [0.2, 0.25) is 0 Å². The van der Waals surface area contributed by atoms with Gasteiger partial charge >= 0.3 is 12.1 Å². The van der Waals surface area contributed by atoms with Crippen molar-refractivity contribution in [2.24, 2.45) is 5.92 Å². The van der Waals surface area contributed by atoms with Crippen LogP contribution in [0.2, 0.25) is 0 Å². The van der Waals surface area contributed by atoms with E-state index in [1.54, 1.807) is 6.08 Å². The molecule has 0 amide bonds. The van der Waals surface area contributed by atoms with E-state index in [9.17, 15) is 18.0 Å². The number of halogens is 3. The Kier molecular flexibility index (Phi) is 5.27. The molecule has 1 atom stereocenters. The summed E-state index contributed by atoms with van der Waals surface area (Å²) in [4.78, 5) is 10.3. The highest BCUT2D eigenvalue weighted by Crippen LogP contribution is 2.30. The van der Waals surface area contributed by atoms with Crippen LogP contribution in [0.3, 0.4) is 0 Å². The lowest BCUT2D eigenvalue weighted by molar-refractivity contribution is -0.194. The van der Waals surface area contributed by atoms with E-state index in [0.29, 0.717) is 12.8 Å². The van der Waals surface area contributed by atoms with Crippen molar-refractivity contribution in [3.8, 4) is 0 Å². The maximum Gasteiger partial charge on any atom is 0.402 e. The SMILES string of the molecule is C=CCCCCC(C(=O)O)C(F)(F)F. The number of carbonyl (C=O) groups is 1. The summed E-state index contributed by atoms with van der Waals surface area (Å²) in [6.07, 6.45) is -1.98. The second kappa shape index (κ2) is 5.67. The average Bonchev–Trinajstić information content (AvgIpc) is 2.01. The van der Waals surface area contributed by atoms with E-state index in [1.807, 2.05) is 0 Å². The first-order valence-electron chi connectivity index (χ1n) is 4.30. The van der Waals surface area contributed by atoms with Crippen molar-refractivity contribution in [1.82, 2.24) is 0 Å². The minimum absolute atomic E-state index is 0.252. The summed E-state index contributed by atoms with van der Waals surface area (Å²) in [6, 6.07) is 0. The average molecular weight is 210 g/mol. The predicted molar refractivity (Wildman–Crippen MR) is 45.8 cm³/mol. The van der Waals surface area contributed by atoms with E-state index in [1.165, 1.54) is 0 Å². The van der Waals surface area contributed by atoms with Crippen LogP contribution in [0.15, 0.2) is 12.7 Å². The largest absolute Gasteiger partial charge is 0.481 e. The number of rotatable bonds is 6. The Morgan fingerprint density at radius 3 is 2.36 bits per heavy atom. The molecular weight excluding hydrogens is 197 g/mol. The molecule has 2 nitrogen and oxygen atoms in total. The maximum absolute atomic E-state index is 12.1. The summed E-state index contributed by atoms with van der Waals surface area (Å²) in [5.74, 6) is -4.02. The summed E-state index contributed by atoms with van der Waals surface area (Å²) in [5, 5.41) is 8.33. The van der Waals surface area contributed by atoms with Crippen LogP contribution in [0, 0.1) is 5.92 Å². The predicted octanol–water partition coefficient (Wildman–Crippen LogP) is 3.00. The highest BCUT2D eigenvalue weighted by Gasteiger charge is 2.44. The van der Waals surface area contributed by atoms with Gasteiger partial charge in [0.25, 0.3) is 0 Å². The topological polar surface area (TPSA) is 37.3 Å². The van der Waals surface area contributed by atoms with Crippen molar-refractivity contribution in [3.63, 3.8) is 0 Å². The van der Waals surface area contributed by atoms with E-state index in [0.717, 1.165) is 0 Å². The van der Waals surface area contributed by atoms with Crippen molar-refractivity contribution < 1.29 is 23.1 Å². The number of allylic oxidation sites excluding steroid dienone is 1. The van der Waals surface area contributed by atoms with Gasteiger partial charge in [0.15, 0.2) is 5.92 Å². The van der Waals surface area contributed by atoms with Crippen LogP contribution in [0.4, 0.5) is 13.2 Å². The van der Waals surface area contributed by atoms with Crippen LogP contribution >= 0.6 is 0 Å². The molecule has 0 saturated carbocycles. The third-order valence-corrected chi connectivity index (χ3v) is 1.84. The lowest BCUT2D eigenvalue weighted by atomic mass is 10.0. The molecule has 0 aromatic carbocycles. The molecule has 0 heterocycles. The van der Waals surface area contributed by atoms with E-state index in [4.69, 9.17) is 5.11 Å². The minimum atomic E-state index is -4.64. The van der Waals surface area contributed by atoms with Crippen LogP contribution in [0.5, 0.6) is 0 Å². The van der Waals surface area contributed by atoms with Gasteiger partial charge in [-0.25, -0.2) is 0 Å². The Labute approximate surface area is 80.4 Å². The molecule has 1 unspecified atom stereocenters. The Bertz CT molecular complexity index is 199. The number of aliphatic carboxylic acids is 1. The number of carboxylic acid groups (broad SMARTS) is 1. The van der Waals surface area contributed by atoms with E-state index in [2.05, 4.69) is 6.58 Å². The summed E-state index contributed by atoms with van der Waals surface area (Å²) in [5.41, 5.74) is 0. The first kappa shape index (κ1) is 13.0. The molecule has 0 radical (unpaired) electrons. The Morgan fingerprint density at radius 2 is 2.00 bits per heavy atom. The molecule has 14 heavy (non-hydrogen) atoms. The molecule has 0 spiro atoms. The van der Waals surface area contributed by atoms with Gasteiger partial charge < -0.3 is 5.11 Å². The number of alkyl halides is 3. The quantitative estimate of drug-likeness (QED) is 0.540. The second-order valence-corrected chi connectivity index (χ2v) is 3.01. The first-order chi connectivity index (χ1) is 6.39. The molecule has 0 aliphatic rings. The highest BCUT2D eigenvalue weighted by molar-refractivity contribution is 5.70. The molecule has 5 heteroatoms. The number of hydrogen-bond donors (Lipinski definition) is 1. The molecule has 0 aromatic heterocycles. The standard InChI is InChI=1S/C9H13F3O2/c1-2-3-4-5-6-7(8(13)14)9(10,11)12/h2,7H,1,3-6H2,(H,13,14). The monoisotopic (exact) mass is 210 g/mol. The summed E-state index contributed by atoms with van der Waals surface area (Å²) in [6.45, 7) is 3.42. The van der Waals surface area contributed by atoms with Gasteiger partial charge in [-0.3, -0.25) is 4.79 Å². The molecule has 0 fully saturated rings. The van der Waals surface area contributed by atoms with Crippen LogP contribution in [-0.2, 0) is 4.79 Å². The molecule has 0 saturated heterocycles. The van der Waals surface area contributed by atoms with Gasteiger partial charge in [0, 0.05) is 0 Å². The summed E-state index contributed by atoms with van der Waals surface area (Å²) < 4.78 is 36.2. The van der Waals surface area contributed by atoms with Crippen molar-refractivity contribution in [2.45, 2.75) is 31.9 Å². The fourth-order valence-corrected chi connectivity index (χ4v) is 1.06. The lowest BCUT2D eigenvalue weighted by Crippen LogP contribution is -2.30. The Balaban J connectivity index is 3.99. The van der Waals surface area contributed by atoms with E-state index >= 15 is 0 Å². The molecular formula is C9H13F3O2.